The molecule has 10 heteroatoms. The fraction of sp³-hybridized carbons (Fsp3) is 0.227. The van der Waals surface area contributed by atoms with Crippen molar-refractivity contribution >= 4 is 40.4 Å². The molecule has 0 radical (unpaired) electrons. The number of carbonyl (C=O) groups excluding carboxylic acids is 2. The van der Waals surface area contributed by atoms with E-state index in [-0.39, 0.29) is 18.9 Å². The summed E-state index contributed by atoms with van der Waals surface area (Å²) in [6, 6.07) is 8.80. The molecule has 0 aliphatic rings. The van der Waals surface area contributed by atoms with Crippen molar-refractivity contribution in [2.45, 2.75) is 19.8 Å². The maximum atomic E-state index is 13.8. The number of hydrogen-bond acceptors (Lipinski definition) is 4. The third kappa shape index (κ3) is 5.86. The number of carbonyl (C=O) groups is 2. The van der Waals surface area contributed by atoms with E-state index < -0.39 is 29.0 Å². The molecule has 0 spiro atoms. The molecule has 32 heavy (non-hydrogen) atoms. The molecule has 5 nitrogen and oxygen atoms in total. The van der Waals surface area contributed by atoms with E-state index in [9.17, 15) is 22.8 Å². The number of nitrogens with one attached hydrogen (secondary N) is 1. The standard InChI is InChI=1S/C22H19ClF3N3O2S/c1-2-9-29(11-18(30)28-17-8-7-16(24)20(25)21(17)26)19(31)10-15-12-32-22(27-15)13-3-5-14(23)6-4-13/h3-8,12H,2,9-11H2,1H3,(H,28,30). The average Bonchev–Trinajstić information content (AvgIpc) is 3.22. The van der Waals surface area contributed by atoms with Crippen LogP contribution in [0, 0.1) is 17.5 Å². The zero-order valence-electron chi connectivity index (χ0n) is 17.0. The van der Waals surface area contributed by atoms with Crippen LogP contribution < -0.4 is 5.32 Å². The van der Waals surface area contributed by atoms with Gasteiger partial charge in [0.05, 0.1) is 24.3 Å². The van der Waals surface area contributed by atoms with Crippen LogP contribution in [0.4, 0.5) is 18.9 Å². The molecule has 0 saturated heterocycles. The number of rotatable bonds is 8. The van der Waals surface area contributed by atoms with Crippen LogP contribution in [-0.4, -0.2) is 34.8 Å². The van der Waals surface area contributed by atoms with Gasteiger partial charge in [-0.3, -0.25) is 9.59 Å². The van der Waals surface area contributed by atoms with Gasteiger partial charge in [0.2, 0.25) is 11.8 Å². The van der Waals surface area contributed by atoms with Crippen LogP contribution in [0.15, 0.2) is 41.8 Å². The Bertz CT molecular complexity index is 1120. The maximum Gasteiger partial charge on any atom is 0.244 e. The van der Waals surface area contributed by atoms with Gasteiger partial charge in [0.15, 0.2) is 17.5 Å². The highest BCUT2D eigenvalue weighted by atomic mass is 35.5. The SMILES string of the molecule is CCCN(CC(=O)Nc1ccc(F)c(F)c1F)C(=O)Cc1csc(-c2ccc(Cl)cc2)n1. The Morgan fingerprint density at radius 1 is 1.09 bits per heavy atom. The molecule has 1 heterocycles. The molecule has 0 aliphatic carbocycles. The van der Waals surface area contributed by atoms with Gasteiger partial charge in [0, 0.05) is 22.5 Å². The van der Waals surface area contributed by atoms with E-state index >= 15 is 0 Å². The Hall–Kier alpha value is -2.91. The molecule has 0 fully saturated rings. The molecule has 0 aliphatic heterocycles. The van der Waals surface area contributed by atoms with Crippen LogP contribution in [0.3, 0.4) is 0 Å². The number of nitrogens with zero attached hydrogens (tertiary/aromatic N) is 2. The van der Waals surface area contributed by atoms with Crippen molar-refractivity contribution in [3.8, 4) is 10.6 Å². The first-order valence-electron chi connectivity index (χ1n) is 9.70. The van der Waals surface area contributed by atoms with Gasteiger partial charge in [0.25, 0.3) is 0 Å². The summed E-state index contributed by atoms with van der Waals surface area (Å²) in [5.41, 5.74) is 0.930. The topological polar surface area (TPSA) is 62.3 Å². The summed E-state index contributed by atoms with van der Waals surface area (Å²) in [6.45, 7) is 1.77. The van der Waals surface area contributed by atoms with Gasteiger partial charge in [-0.25, -0.2) is 18.2 Å². The van der Waals surface area contributed by atoms with Gasteiger partial charge < -0.3 is 10.2 Å². The first-order valence-corrected chi connectivity index (χ1v) is 11.0. The van der Waals surface area contributed by atoms with Gasteiger partial charge in [-0.2, -0.15) is 0 Å². The van der Waals surface area contributed by atoms with E-state index in [1.807, 2.05) is 19.1 Å². The first kappa shape index (κ1) is 23.7. The summed E-state index contributed by atoms with van der Waals surface area (Å²) in [5.74, 6) is -5.59. The minimum atomic E-state index is -1.68. The third-order valence-corrected chi connectivity index (χ3v) is 5.66. The van der Waals surface area contributed by atoms with Gasteiger partial charge in [-0.15, -0.1) is 11.3 Å². The summed E-state index contributed by atoms with van der Waals surface area (Å²) in [5, 5.41) is 5.29. The highest BCUT2D eigenvalue weighted by molar-refractivity contribution is 7.13. The lowest BCUT2D eigenvalue weighted by Crippen LogP contribution is -2.39. The van der Waals surface area contributed by atoms with Crippen LogP contribution >= 0.6 is 22.9 Å². The summed E-state index contributed by atoms with van der Waals surface area (Å²) in [4.78, 5) is 30.8. The minimum Gasteiger partial charge on any atom is -0.333 e. The lowest BCUT2D eigenvalue weighted by molar-refractivity contribution is -0.134. The normalized spacial score (nSPS) is 10.8. The molecule has 168 valence electrons. The maximum absolute atomic E-state index is 13.8. The Balaban J connectivity index is 1.65. The van der Waals surface area contributed by atoms with Crippen molar-refractivity contribution in [3.63, 3.8) is 0 Å². The summed E-state index contributed by atoms with van der Waals surface area (Å²) in [7, 11) is 0. The number of anilines is 1. The molecule has 2 amide bonds. The molecule has 3 rings (SSSR count). The zero-order chi connectivity index (χ0) is 23.3. The Morgan fingerprint density at radius 2 is 1.81 bits per heavy atom. The number of thiazole rings is 1. The van der Waals surface area contributed by atoms with Crippen LogP contribution in [0.5, 0.6) is 0 Å². The van der Waals surface area contributed by atoms with Crippen LogP contribution in [0.25, 0.3) is 10.6 Å². The van der Waals surface area contributed by atoms with E-state index in [0.29, 0.717) is 29.7 Å². The number of hydrogen-bond donors (Lipinski definition) is 1. The molecule has 0 saturated carbocycles. The quantitative estimate of drug-likeness (QED) is 0.444. The minimum absolute atomic E-state index is 0.0170. The van der Waals surface area contributed by atoms with Crippen LogP contribution in [0.1, 0.15) is 19.0 Å². The number of aromatic nitrogens is 1. The largest absolute Gasteiger partial charge is 0.333 e. The smallest absolute Gasteiger partial charge is 0.244 e. The summed E-state index contributed by atoms with van der Waals surface area (Å²) in [6.07, 6.45) is 0.572. The highest BCUT2D eigenvalue weighted by Gasteiger charge is 2.20. The van der Waals surface area contributed by atoms with E-state index in [4.69, 9.17) is 11.6 Å². The van der Waals surface area contributed by atoms with Crippen molar-refractivity contribution in [2.24, 2.45) is 0 Å². The fourth-order valence-corrected chi connectivity index (χ4v) is 3.88. The lowest BCUT2D eigenvalue weighted by atomic mass is 10.2. The molecule has 3 aromatic rings. The van der Waals surface area contributed by atoms with Gasteiger partial charge in [-0.05, 0) is 30.7 Å². The predicted octanol–water partition coefficient (Wildman–Crippen LogP) is 5.30. The summed E-state index contributed by atoms with van der Waals surface area (Å²) < 4.78 is 40.2. The average molecular weight is 482 g/mol. The van der Waals surface area contributed by atoms with E-state index in [0.717, 1.165) is 16.6 Å². The highest BCUT2D eigenvalue weighted by Crippen LogP contribution is 2.25. The van der Waals surface area contributed by atoms with Gasteiger partial charge >= 0.3 is 0 Å². The summed E-state index contributed by atoms with van der Waals surface area (Å²) >= 11 is 7.28. The molecular weight excluding hydrogens is 463 g/mol. The molecule has 1 aromatic heterocycles. The van der Waals surface area contributed by atoms with Crippen molar-refractivity contribution in [1.29, 1.82) is 0 Å². The van der Waals surface area contributed by atoms with Gasteiger partial charge in [0.1, 0.15) is 5.01 Å². The number of benzene rings is 2. The third-order valence-electron chi connectivity index (χ3n) is 4.47. The first-order chi connectivity index (χ1) is 15.3. The Morgan fingerprint density at radius 3 is 2.50 bits per heavy atom. The van der Waals surface area contributed by atoms with Crippen molar-refractivity contribution < 1.29 is 22.8 Å². The second-order valence-electron chi connectivity index (χ2n) is 6.91. The second kappa shape index (κ2) is 10.6. The Labute approximate surface area is 191 Å². The van der Waals surface area contributed by atoms with Crippen molar-refractivity contribution in [2.75, 3.05) is 18.4 Å². The van der Waals surface area contributed by atoms with E-state index in [1.54, 1.807) is 17.5 Å². The molecular formula is C22H19ClF3N3O2S. The van der Waals surface area contributed by atoms with Crippen molar-refractivity contribution in [3.05, 3.63) is 69.9 Å². The number of amides is 2. The van der Waals surface area contributed by atoms with Crippen LogP contribution in [-0.2, 0) is 16.0 Å². The molecule has 2 aromatic carbocycles. The molecule has 0 atom stereocenters. The van der Waals surface area contributed by atoms with Crippen LogP contribution in [0.2, 0.25) is 5.02 Å². The molecule has 0 unspecified atom stereocenters. The van der Waals surface area contributed by atoms with Gasteiger partial charge in [-0.1, -0.05) is 30.7 Å². The predicted molar refractivity (Wildman–Crippen MR) is 118 cm³/mol. The fourth-order valence-electron chi connectivity index (χ4n) is 2.93. The van der Waals surface area contributed by atoms with E-state index in [1.165, 1.54) is 16.2 Å². The lowest BCUT2D eigenvalue weighted by Gasteiger charge is -2.21. The second-order valence-corrected chi connectivity index (χ2v) is 8.21. The van der Waals surface area contributed by atoms with Crippen molar-refractivity contribution in [1.82, 2.24) is 9.88 Å². The monoisotopic (exact) mass is 481 g/mol. The Kier molecular flexibility index (Phi) is 7.87. The van der Waals surface area contributed by atoms with E-state index in [2.05, 4.69) is 10.3 Å². The zero-order valence-corrected chi connectivity index (χ0v) is 18.6. The molecule has 0 bridgehead atoms. The molecule has 1 N–H and O–H groups in total. The number of halogens is 4.